The van der Waals surface area contributed by atoms with Crippen molar-refractivity contribution in [3.05, 3.63) is 42.0 Å². The highest BCUT2D eigenvalue weighted by atomic mass is 19.4. The van der Waals surface area contributed by atoms with Crippen LogP contribution in [0.25, 0.3) is 6.08 Å². The van der Waals surface area contributed by atoms with Crippen LogP contribution < -0.4 is 5.32 Å². The smallest absolute Gasteiger partial charge is 0.376 e. The van der Waals surface area contributed by atoms with Gasteiger partial charge in [-0.05, 0) is 5.56 Å². The van der Waals surface area contributed by atoms with Crippen LogP contribution in [0.1, 0.15) is 5.56 Å². The van der Waals surface area contributed by atoms with Crippen LogP contribution in [0.4, 0.5) is 13.2 Å². The van der Waals surface area contributed by atoms with Crippen LogP contribution in [-0.2, 0) is 4.74 Å². The molecule has 0 saturated carbocycles. The van der Waals surface area contributed by atoms with E-state index >= 15 is 0 Å². The van der Waals surface area contributed by atoms with Gasteiger partial charge in [0.15, 0.2) is 0 Å². The molecule has 0 unspecified atom stereocenters. The molecule has 0 spiro atoms. The van der Waals surface area contributed by atoms with E-state index in [2.05, 4.69) is 5.32 Å². The van der Waals surface area contributed by atoms with Crippen molar-refractivity contribution >= 4 is 6.08 Å². The summed E-state index contributed by atoms with van der Waals surface area (Å²) in [6.45, 7) is -0.132. The number of nitrogens with one attached hydrogen (secondary N) is 1. The van der Waals surface area contributed by atoms with Gasteiger partial charge in [-0.15, -0.1) is 0 Å². The lowest BCUT2D eigenvalue weighted by molar-refractivity contribution is -0.125. The molecule has 0 heterocycles. The number of ether oxygens (including phenoxy) is 1. The zero-order valence-electron chi connectivity index (χ0n) is 9.91. The molecule has 0 aromatic heterocycles. The van der Waals surface area contributed by atoms with Gasteiger partial charge in [-0.25, -0.2) is 0 Å². The van der Waals surface area contributed by atoms with Gasteiger partial charge in [0, 0.05) is 6.54 Å². The Morgan fingerprint density at radius 3 is 2.56 bits per heavy atom. The Kier molecular flexibility index (Phi) is 6.46. The number of hydrogen-bond donors (Lipinski definition) is 1. The summed E-state index contributed by atoms with van der Waals surface area (Å²) in [5, 5.41) is 2.26. The lowest BCUT2D eigenvalue weighted by atomic mass is 10.2. The lowest BCUT2D eigenvalue weighted by Crippen LogP contribution is -2.31. The topological polar surface area (TPSA) is 21.3 Å². The summed E-state index contributed by atoms with van der Waals surface area (Å²) in [4.78, 5) is 0. The monoisotopic (exact) mass is 259 g/mol. The third-order valence-corrected chi connectivity index (χ3v) is 2.07. The zero-order chi connectivity index (χ0) is 13.3. The van der Waals surface area contributed by atoms with Gasteiger partial charge in [0.25, 0.3) is 0 Å². The van der Waals surface area contributed by atoms with Gasteiger partial charge in [0.1, 0.15) is 0 Å². The van der Waals surface area contributed by atoms with E-state index in [4.69, 9.17) is 4.74 Å². The van der Waals surface area contributed by atoms with Crippen LogP contribution in [0.3, 0.4) is 0 Å². The first-order chi connectivity index (χ1) is 8.58. The van der Waals surface area contributed by atoms with Crippen molar-refractivity contribution in [3.8, 4) is 0 Å². The van der Waals surface area contributed by atoms with Gasteiger partial charge in [-0.3, -0.25) is 0 Å². The SMILES string of the molecule is FC(F)(F)CNCCOCC=Cc1ccccc1. The van der Waals surface area contributed by atoms with Crippen molar-refractivity contribution in [2.75, 3.05) is 26.3 Å². The Bertz CT molecular complexity index is 349. The molecule has 0 saturated heterocycles. The molecule has 100 valence electrons. The fourth-order valence-electron chi connectivity index (χ4n) is 1.27. The van der Waals surface area contributed by atoms with Crippen molar-refractivity contribution < 1.29 is 17.9 Å². The largest absolute Gasteiger partial charge is 0.401 e. The maximum Gasteiger partial charge on any atom is 0.401 e. The van der Waals surface area contributed by atoms with Gasteiger partial charge >= 0.3 is 6.18 Å². The predicted molar refractivity (Wildman–Crippen MR) is 65.2 cm³/mol. The third kappa shape index (κ3) is 7.86. The van der Waals surface area contributed by atoms with E-state index in [9.17, 15) is 13.2 Å². The minimum absolute atomic E-state index is 0.193. The Labute approximate surface area is 104 Å². The van der Waals surface area contributed by atoms with Crippen LogP contribution in [-0.4, -0.2) is 32.5 Å². The number of halogens is 3. The summed E-state index contributed by atoms with van der Waals surface area (Å²) in [7, 11) is 0. The molecule has 0 amide bonds. The van der Waals surface area contributed by atoms with Crippen molar-refractivity contribution in [1.82, 2.24) is 5.32 Å². The van der Waals surface area contributed by atoms with E-state index in [1.54, 1.807) is 0 Å². The Hall–Kier alpha value is -1.33. The minimum Gasteiger partial charge on any atom is -0.376 e. The molecule has 0 fully saturated rings. The quantitative estimate of drug-likeness (QED) is 0.760. The van der Waals surface area contributed by atoms with E-state index in [1.807, 2.05) is 42.5 Å². The van der Waals surface area contributed by atoms with Gasteiger partial charge in [-0.1, -0.05) is 42.5 Å². The second kappa shape index (κ2) is 7.89. The van der Waals surface area contributed by atoms with E-state index < -0.39 is 12.7 Å². The van der Waals surface area contributed by atoms with Crippen LogP contribution in [0.2, 0.25) is 0 Å². The normalized spacial score (nSPS) is 12.2. The zero-order valence-corrected chi connectivity index (χ0v) is 9.91. The van der Waals surface area contributed by atoms with E-state index in [0.29, 0.717) is 6.61 Å². The lowest BCUT2D eigenvalue weighted by Gasteiger charge is -2.07. The van der Waals surface area contributed by atoms with E-state index in [1.165, 1.54) is 0 Å². The number of rotatable bonds is 7. The number of benzene rings is 1. The molecule has 0 atom stereocenters. The highest BCUT2D eigenvalue weighted by Crippen LogP contribution is 2.11. The fourth-order valence-corrected chi connectivity index (χ4v) is 1.27. The summed E-state index contributed by atoms with van der Waals surface area (Å²) >= 11 is 0. The summed E-state index contributed by atoms with van der Waals surface area (Å²) in [5.41, 5.74) is 1.07. The molecule has 0 bridgehead atoms. The Morgan fingerprint density at radius 2 is 1.89 bits per heavy atom. The molecule has 1 aromatic carbocycles. The summed E-state index contributed by atoms with van der Waals surface area (Å²) in [6.07, 6.45) is -0.421. The molecule has 18 heavy (non-hydrogen) atoms. The molecular weight excluding hydrogens is 243 g/mol. The molecule has 0 radical (unpaired) electrons. The molecule has 2 nitrogen and oxygen atoms in total. The van der Waals surface area contributed by atoms with Gasteiger partial charge in [0.2, 0.25) is 0 Å². The fraction of sp³-hybridized carbons (Fsp3) is 0.385. The predicted octanol–water partition coefficient (Wildman–Crippen LogP) is 2.87. The maximum atomic E-state index is 11.8. The molecule has 0 aliphatic carbocycles. The second-order valence-electron chi connectivity index (χ2n) is 3.68. The Balaban J connectivity index is 2.01. The first-order valence-corrected chi connectivity index (χ1v) is 5.65. The standard InChI is InChI=1S/C13H16F3NO/c14-13(15,16)11-17-8-10-18-9-4-7-12-5-2-1-3-6-12/h1-7,17H,8-11H2. The Morgan fingerprint density at radius 1 is 1.17 bits per heavy atom. The van der Waals surface area contributed by atoms with Crippen LogP contribution >= 0.6 is 0 Å². The molecule has 1 N–H and O–H groups in total. The van der Waals surface area contributed by atoms with Crippen molar-refractivity contribution in [2.24, 2.45) is 0 Å². The second-order valence-corrected chi connectivity index (χ2v) is 3.68. The molecule has 0 aliphatic heterocycles. The van der Waals surface area contributed by atoms with Crippen molar-refractivity contribution in [3.63, 3.8) is 0 Å². The first-order valence-electron chi connectivity index (χ1n) is 5.65. The van der Waals surface area contributed by atoms with Gasteiger partial charge in [0.05, 0.1) is 19.8 Å². The first kappa shape index (κ1) is 14.7. The van der Waals surface area contributed by atoms with Crippen LogP contribution in [0.15, 0.2) is 36.4 Å². The van der Waals surface area contributed by atoms with Crippen molar-refractivity contribution in [2.45, 2.75) is 6.18 Å². The molecular formula is C13H16F3NO. The average Bonchev–Trinajstić information content (AvgIpc) is 2.32. The number of alkyl halides is 3. The summed E-state index contributed by atoms with van der Waals surface area (Å²) in [6, 6.07) is 9.71. The van der Waals surface area contributed by atoms with Crippen LogP contribution in [0.5, 0.6) is 0 Å². The van der Waals surface area contributed by atoms with E-state index in [0.717, 1.165) is 5.56 Å². The van der Waals surface area contributed by atoms with Crippen molar-refractivity contribution in [1.29, 1.82) is 0 Å². The summed E-state index contributed by atoms with van der Waals surface area (Å²) in [5.74, 6) is 0. The number of hydrogen-bond acceptors (Lipinski definition) is 2. The molecule has 0 aliphatic rings. The highest BCUT2D eigenvalue weighted by molar-refractivity contribution is 5.48. The van der Waals surface area contributed by atoms with Gasteiger partial charge < -0.3 is 10.1 Å². The third-order valence-electron chi connectivity index (χ3n) is 2.07. The summed E-state index contributed by atoms with van der Waals surface area (Å²) < 4.78 is 40.4. The minimum atomic E-state index is -4.16. The molecule has 5 heteroatoms. The van der Waals surface area contributed by atoms with Gasteiger partial charge in [-0.2, -0.15) is 13.2 Å². The molecule has 1 aromatic rings. The average molecular weight is 259 g/mol. The maximum absolute atomic E-state index is 11.8. The molecule has 1 rings (SSSR count). The highest BCUT2D eigenvalue weighted by Gasteiger charge is 2.25. The van der Waals surface area contributed by atoms with Crippen LogP contribution in [0, 0.1) is 0 Å². The van der Waals surface area contributed by atoms with E-state index in [-0.39, 0.29) is 13.2 Å².